The molecule has 4 heterocycles. The van der Waals surface area contributed by atoms with Crippen molar-refractivity contribution in [3.05, 3.63) is 119 Å². The van der Waals surface area contributed by atoms with Crippen molar-refractivity contribution in [2.24, 2.45) is 0 Å². The van der Waals surface area contributed by atoms with Gasteiger partial charge in [-0.3, -0.25) is 19.6 Å². The fourth-order valence-electron chi connectivity index (χ4n) is 7.42. The molecular formula is C50H39F8N9O8. The number of carbonyl (C=O) groups excluding carboxylic acids is 2. The Bertz CT molecular complexity index is 3520. The zero-order valence-electron chi connectivity index (χ0n) is 39.6. The third kappa shape index (κ3) is 11.2. The van der Waals surface area contributed by atoms with E-state index in [9.17, 15) is 49.8 Å². The Balaban J connectivity index is 0.000000200. The molecule has 388 valence electrons. The molecule has 0 spiro atoms. The molecule has 0 saturated heterocycles. The van der Waals surface area contributed by atoms with E-state index in [0.717, 1.165) is 26.0 Å². The van der Waals surface area contributed by atoms with Gasteiger partial charge in [0.1, 0.15) is 28.5 Å². The minimum absolute atomic E-state index is 0.0479. The Morgan fingerprint density at radius 2 is 1.21 bits per heavy atom. The lowest BCUT2D eigenvalue weighted by Crippen LogP contribution is -2.35. The molecule has 2 amide bonds. The number of nitrogens with one attached hydrogen (secondary N) is 2. The average molecular weight is 1050 g/mol. The number of ether oxygens (including phenoxy) is 3. The summed E-state index contributed by atoms with van der Waals surface area (Å²) in [5, 5.41) is 30.3. The topological polar surface area (TPSA) is 234 Å². The smallest absolute Gasteiger partial charge is 0.401 e. The largest absolute Gasteiger partial charge is 0.504 e. The van der Waals surface area contributed by atoms with E-state index in [0.29, 0.717) is 56.1 Å². The van der Waals surface area contributed by atoms with Crippen LogP contribution in [0.2, 0.25) is 0 Å². The number of amides is 2. The van der Waals surface area contributed by atoms with E-state index in [4.69, 9.17) is 28.5 Å². The van der Waals surface area contributed by atoms with Gasteiger partial charge in [0, 0.05) is 47.5 Å². The molecule has 0 radical (unpaired) electrons. The van der Waals surface area contributed by atoms with E-state index in [2.05, 4.69) is 40.9 Å². The molecule has 1 aliphatic carbocycles. The van der Waals surface area contributed by atoms with Crippen LogP contribution in [0.25, 0.3) is 44.6 Å². The summed E-state index contributed by atoms with van der Waals surface area (Å²) >= 11 is 0. The Kier molecular flexibility index (Phi) is 14.3. The van der Waals surface area contributed by atoms with E-state index in [1.165, 1.54) is 63.0 Å². The molecule has 4 aromatic heterocycles. The van der Waals surface area contributed by atoms with Crippen LogP contribution in [-0.4, -0.2) is 80.3 Å². The van der Waals surface area contributed by atoms with Gasteiger partial charge in [-0.1, -0.05) is 34.6 Å². The molecule has 0 bridgehead atoms. The first-order chi connectivity index (χ1) is 35.5. The van der Waals surface area contributed by atoms with E-state index in [-0.39, 0.29) is 65.9 Å². The van der Waals surface area contributed by atoms with Gasteiger partial charge in [-0.05, 0) is 49.9 Å². The molecule has 25 heteroatoms. The molecular weight excluding hydrogens is 1010 g/mol. The van der Waals surface area contributed by atoms with Crippen molar-refractivity contribution in [1.82, 2.24) is 30.2 Å². The molecule has 4 aromatic carbocycles. The third-order valence-corrected chi connectivity index (χ3v) is 12.0. The monoisotopic (exact) mass is 1050 g/mol. The highest BCUT2D eigenvalue weighted by Crippen LogP contribution is 2.59. The Morgan fingerprint density at radius 1 is 0.707 bits per heavy atom. The first kappa shape index (κ1) is 52.4. The molecule has 0 unspecified atom stereocenters. The lowest BCUT2D eigenvalue weighted by Gasteiger charge is -2.24. The number of anilines is 2. The highest BCUT2D eigenvalue weighted by atomic mass is 19.4. The van der Waals surface area contributed by atoms with Crippen LogP contribution in [0.1, 0.15) is 49.3 Å². The lowest BCUT2D eigenvalue weighted by molar-refractivity contribution is -0.185. The number of carbonyl (C=O) groups is 2. The van der Waals surface area contributed by atoms with Crippen molar-refractivity contribution in [1.29, 1.82) is 5.26 Å². The van der Waals surface area contributed by atoms with E-state index >= 15 is 0 Å². The zero-order valence-corrected chi connectivity index (χ0v) is 39.6. The summed E-state index contributed by atoms with van der Waals surface area (Å²) in [5.41, 5.74) is -1.01. The van der Waals surface area contributed by atoms with Crippen molar-refractivity contribution in [3.8, 4) is 51.6 Å². The number of phenolic OH excluding ortho intramolecular Hbond substituents is 1. The van der Waals surface area contributed by atoms with Crippen LogP contribution < -0.4 is 24.8 Å². The normalized spacial score (nSPS) is 13.1. The number of methoxy groups -OCH3 is 2. The van der Waals surface area contributed by atoms with Gasteiger partial charge in [0.05, 0.1) is 72.9 Å². The summed E-state index contributed by atoms with van der Waals surface area (Å²) in [6.45, 7) is 1.68. The van der Waals surface area contributed by atoms with Crippen molar-refractivity contribution in [2.75, 3.05) is 31.5 Å². The average Bonchev–Trinajstić information content (AvgIpc) is 3.87. The number of aromatic nitrogens is 6. The molecule has 75 heavy (non-hydrogen) atoms. The number of aromatic hydroxyl groups is 1. The van der Waals surface area contributed by atoms with Crippen LogP contribution in [0.4, 0.5) is 46.8 Å². The van der Waals surface area contributed by atoms with Crippen molar-refractivity contribution < 1.29 is 73.1 Å². The van der Waals surface area contributed by atoms with E-state index < -0.39 is 58.8 Å². The molecule has 1 saturated carbocycles. The predicted molar refractivity (Wildman–Crippen MR) is 249 cm³/mol. The quantitative estimate of drug-likeness (QED) is 0.0860. The Morgan fingerprint density at radius 3 is 1.71 bits per heavy atom. The maximum Gasteiger partial charge on any atom is 0.401 e. The highest BCUT2D eigenvalue weighted by molar-refractivity contribution is 5.92. The number of nitrogens with zero attached hydrogens (tertiary/aromatic N) is 7. The predicted octanol–water partition coefficient (Wildman–Crippen LogP) is 10.3. The number of alkyl halides is 6. The van der Waals surface area contributed by atoms with Gasteiger partial charge < -0.3 is 39.0 Å². The van der Waals surface area contributed by atoms with E-state index in [1.807, 2.05) is 6.07 Å². The van der Waals surface area contributed by atoms with Gasteiger partial charge in [-0.15, -0.1) is 0 Å². The summed E-state index contributed by atoms with van der Waals surface area (Å²) in [6, 6.07) is 18.3. The Hall–Kier alpha value is -8.95. The SMILES string of the molecule is COc1cc2nc(-c3ccc(CC(=O)Nc4cc(C5(C(F)(F)F)CC5)on4)c(F)c3)cnc2cc1OCC#N.COc1cc2ncc(-c3ccc(CC(=O)Nc4cc(C(C)(C)C(F)(F)F)on4)c(F)c3)nc2cc1O. The fourth-order valence-corrected chi connectivity index (χ4v) is 7.42. The highest BCUT2D eigenvalue weighted by Gasteiger charge is 2.67. The third-order valence-electron chi connectivity index (χ3n) is 12.0. The van der Waals surface area contributed by atoms with Crippen LogP contribution in [0.15, 0.2) is 94.2 Å². The van der Waals surface area contributed by atoms with Crippen LogP contribution in [0, 0.1) is 23.0 Å². The molecule has 17 nitrogen and oxygen atoms in total. The molecule has 3 N–H and O–H groups in total. The van der Waals surface area contributed by atoms with Gasteiger partial charge in [-0.25, -0.2) is 18.7 Å². The van der Waals surface area contributed by atoms with Crippen molar-refractivity contribution >= 4 is 45.5 Å². The second-order valence-corrected chi connectivity index (χ2v) is 17.4. The lowest BCUT2D eigenvalue weighted by atomic mass is 9.89. The van der Waals surface area contributed by atoms with Gasteiger partial charge in [-0.2, -0.15) is 31.6 Å². The van der Waals surface area contributed by atoms with Crippen molar-refractivity contribution in [3.63, 3.8) is 0 Å². The van der Waals surface area contributed by atoms with Gasteiger partial charge in [0.25, 0.3) is 0 Å². The molecule has 1 aliphatic rings. The van der Waals surface area contributed by atoms with E-state index in [1.54, 1.807) is 24.3 Å². The van der Waals surface area contributed by atoms with Gasteiger partial charge in [0.15, 0.2) is 52.8 Å². The molecule has 0 atom stereocenters. The summed E-state index contributed by atoms with van der Waals surface area (Å²) in [7, 11) is 2.85. The fraction of sp³-hybridized carbons (Fsp3) is 0.260. The first-order valence-corrected chi connectivity index (χ1v) is 22.2. The summed E-state index contributed by atoms with van der Waals surface area (Å²) in [4.78, 5) is 42.2. The number of nitriles is 1. The standard InChI is InChI=1S/C26H19F4N5O4.C24H20F4N4O4/c1-37-20-11-18-17(10-21(20)38-7-6-31)32-13-19(33-18)15-3-2-14(16(27)8-15)9-24(36)34-23-12-22(39-35-23)25(4-5-25)26(28,29)30;1-23(2,24(26,27)28)20-10-21(32-36-20)31-22(34)7-12-4-5-13(6-14(12)25)17-11-29-15-9-19(35-3)18(33)8-16(15)30-17/h2-3,8,10-13H,4-5,7,9H2,1H3,(H,34,35,36);4-6,8-11,33H,7H2,1-3H3,(H,31,32,34). The van der Waals surface area contributed by atoms with Crippen LogP contribution in [0.5, 0.6) is 23.0 Å². The number of phenols is 1. The molecule has 9 rings (SSSR count). The minimum atomic E-state index is -4.58. The zero-order chi connectivity index (χ0) is 54.0. The summed E-state index contributed by atoms with van der Waals surface area (Å²) < 4.78 is 134. The van der Waals surface area contributed by atoms with Crippen LogP contribution in [0.3, 0.4) is 0 Å². The number of hydrogen-bond acceptors (Lipinski definition) is 15. The Labute approximate surface area is 418 Å². The van der Waals surface area contributed by atoms with Gasteiger partial charge >= 0.3 is 12.4 Å². The number of rotatable bonds is 14. The first-order valence-electron chi connectivity index (χ1n) is 22.2. The second kappa shape index (κ2) is 20.5. The molecule has 8 aromatic rings. The maximum atomic E-state index is 14.9. The minimum Gasteiger partial charge on any atom is -0.504 e. The van der Waals surface area contributed by atoms with Gasteiger partial charge in [0.2, 0.25) is 11.8 Å². The van der Waals surface area contributed by atoms with Crippen molar-refractivity contribution in [2.45, 2.75) is 62.7 Å². The molecule has 0 aliphatic heterocycles. The summed E-state index contributed by atoms with van der Waals surface area (Å²) in [6.07, 6.45) is -7.17. The second-order valence-electron chi connectivity index (χ2n) is 17.4. The summed E-state index contributed by atoms with van der Waals surface area (Å²) in [5.74, 6) is -3.16. The maximum absolute atomic E-state index is 14.9. The van der Waals surface area contributed by atoms with Crippen LogP contribution >= 0.6 is 0 Å². The number of hydrogen-bond donors (Lipinski definition) is 3. The van der Waals surface area contributed by atoms with Crippen LogP contribution in [-0.2, 0) is 33.3 Å². The number of halogens is 8. The number of fused-ring (bicyclic) bond motifs is 2. The number of benzene rings is 4. The molecule has 1 fully saturated rings.